The molecule has 0 aliphatic carbocycles. The number of halogens is 2. The molecule has 1 atom stereocenters. The van der Waals surface area contributed by atoms with Crippen LogP contribution in [-0.4, -0.2) is 31.3 Å². The first-order valence-electron chi connectivity index (χ1n) is 14.8. The van der Waals surface area contributed by atoms with Crippen LogP contribution in [0.4, 0.5) is 11.6 Å². The standard InChI is InChI=1S/C34H37BrClN3O4/c1-19-16-23(31-25(17-19)30(40)20(2)32(43-31)39-12-10-34(4,5)11-13-39)21(3)37-27-8-9-28(36)38-29(27)22-6-7-26(35)24(18-22)33-41-14-15-42-33/h6-9,16-18,21,33,37H,10-15H2,1-5H3/t21-/m1/s1. The number of benzene rings is 2. The van der Waals surface area contributed by atoms with Crippen LogP contribution >= 0.6 is 27.5 Å². The van der Waals surface area contributed by atoms with Gasteiger partial charge in [0, 0.05) is 34.3 Å². The molecule has 0 unspecified atom stereocenters. The summed E-state index contributed by atoms with van der Waals surface area (Å²) in [5, 5.41) is 4.64. The number of hydrogen-bond acceptors (Lipinski definition) is 7. The molecule has 2 aromatic heterocycles. The largest absolute Gasteiger partial charge is 0.440 e. The van der Waals surface area contributed by atoms with Crippen molar-refractivity contribution in [1.29, 1.82) is 0 Å². The molecule has 0 saturated carbocycles. The van der Waals surface area contributed by atoms with Crippen LogP contribution in [0.3, 0.4) is 0 Å². The Morgan fingerprint density at radius 1 is 1.07 bits per heavy atom. The summed E-state index contributed by atoms with van der Waals surface area (Å²) < 4.78 is 19.1. The van der Waals surface area contributed by atoms with E-state index in [2.05, 4.69) is 53.0 Å². The van der Waals surface area contributed by atoms with Crippen molar-refractivity contribution in [3.8, 4) is 11.3 Å². The lowest BCUT2D eigenvalue weighted by Gasteiger charge is -2.37. The third-order valence-corrected chi connectivity index (χ3v) is 9.55. The van der Waals surface area contributed by atoms with Gasteiger partial charge in [0.1, 0.15) is 10.7 Å². The smallest absolute Gasteiger partial charge is 0.202 e. The first-order chi connectivity index (χ1) is 20.5. The van der Waals surface area contributed by atoms with Gasteiger partial charge in [-0.15, -0.1) is 0 Å². The Bertz CT molecular complexity index is 1740. The van der Waals surface area contributed by atoms with Crippen molar-refractivity contribution in [2.75, 3.05) is 36.5 Å². The number of aromatic nitrogens is 1. The van der Waals surface area contributed by atoms with E-state index in [4.69, 9.17) is 30.5 Å². The molecule has 226 valence electrons. The predicted octanol–water partition coefficient (Wildman–Crippen LogP) is 8.73. The first-order valence-corrected chi connectivity index (χ1v) is 16.0. The van der Waals surface area contributed by atoms with Gasteiger partial charge in [-0.3, -0.25) is 4.79 Å². The van der Waals surface area contributed by atoms with Crippen molar-refractivity contribution < 1.29 is 13.9 Å². The molecule has 9 heteroatoms. The fraction of sp³-hybridized carbons (Fsp3) is 0.412. The van der Waals surface area contributed by atoms with Crippen molar-refractivity contribution >= 4 is 50.1 Å². The zero-order valence-electron chi connectivity index (χ0n) is 25.2. The quantitative estimate of drug-likeness (QED) is 0.206. The summed E-state index contributed by atoms with van der Waals surface area (Å²) >= 11 is 10.0. The van der Waals surface area contributed by atoms with Crippen LogP contribution in [0.2, 0.25) is 5.15 Å². The Morgan fingerprint density at radius 3 is 2.51 bits per heavy atom. The summed E-state index contributed by atoms with van der Waals surface area (Å²) in [6.07, 6.45) is 1.67. The second-order valence-electron chi connectivity index (χ2n) is 12.4. The van der Waals surface area contributed by atoms with E-state index in [0.717, 1.165) is 58.3 Å². The van der Waals surface area contributed by atoms with Crippen LogP contribution in [0.1, 0.15) is 68.2 Å². The molecule has 6 rings (SSSR count). The molecule has 7 nitrogen and oxygen atoms in total. The number of pyridine rings is 1. The molecule has 0 bridgehead atoms. The SMILES string of the molecule is Cc1cc([C@@H](C)Nc2ccc(Cl)nc2-c2ccc(Br)c(C3OCCO3)c2)c2oc(N3CCC(C)(C)CC3)c(C)c(=O)c2c1. The Labute approximate surface area is 265 Å². The molecule has 2 aliphatic heterocycles. The maximum Gasteiger partial charge on any atom is 0.202 e. The summed E-state index contributed by atoms with van der Waals surface area (Å²) in [5.74, 6) is 0.679. The van der Waals surface area contributed by atoms with E-state index in [9.17, 15) is 4.79 Å². The molecule has 4 aromatic rings. The lowest BCUT2D eigenvalue weighted by molar-refractivity contribution is -0.0446. The maximum absolute atomic E-state index is 13.7. The average molecular weight is 667 g/mol. The van der Waals surface area contributed by atoms with E-state index in [0.29, 0.717) is 51.9 Å². The highest BCUT2D eigenvalue weighted by Gasteiger charge is 2.29. The minimum Gasteiger partial charge on any atom is -0.440 e. The first kappa shape index (κ1) is 30.1. The number of anilines is 2. The highest BCUT2D eigenvalue weighted by atomic mass is 79.9. The highest BCUT2D eigenvalue weighted by molar-refractivity contribution is 9.10. The van der Waals surface area contributed by atoms with Gasteiger partial charge in [0.25, 0.3) is 0 Å². The Morgan fingerprint density at radius 2 is 1.79 bits per heavy atom. The normalized spacial score (nSPS) is 17.9. The number of hydrogen-bond donors (Lipinski definition) is 1. The van der Waals surface area contributed by atoms with Crippen LogP contribution in [0.15, 0.2) is 56.1 Å². The van der Waals surface area contributed by atoms with Crippen molar-refractivity contribution in [2.24, 2.45) is 5.41 Å². The molecular weight excluding hydrogens is 630 g/mol. The molecule has 0 radical (unpaired) electrons. The maximum atomic E-state index is 13.7. The zero-order chi connectivity index (χ0) is 30.5. The van der Waals surface area contributed by atoms with Gasteiger partial charge in [-0.2, -0.15) is 0 Å². The number of aryl methyl sites for hydroxylation is 1. The molecule has 4 heterocycles. The molecule has 0 amide bonds. The molecule has 2 aromatic carbocycles. The van der Waals surface area contributed by atoms with Gasteiger partial charge in [-0.25, -0.2) is 4.98 Å². The third kappa shape index (κ3) is 6.07. The average Bonchev–Trinajstić information content (AvgIpc) is 3.51. The number of nitrogens with one attached hydrogen (secondary N) is 1. The molecule has 1 N–H and O–H groups in total. The van der Waals surface area contributed by atoms with Crippen molar-refractivity contribution in [3.05, 3.63) is 84.6 Å². The number of nitrogens with zero attached hydrogens (tertiary/aromatic N) is 2. The monoisotopic (exact) mass is 665 g/mol. The molecule has 2 aliphatic rings. The number of rotatable bonds is 6. The van der Waals surface area contributed by atoms with Gasteiger partial charge in [0.2, 0.25) is 5.88 Å². The van der Waals surface area contributed by atoms with E-state index in [1.807, 2.05) is 44.2 Å². The second kappa shape index (κ2) is 11.9. The molecule has 43 heavy (non-hydrogen) atoms. The second-order valence-corrected chi connectivity index (χ2v) is 13.7. The van der Waals surface area contributed by atoms with E-state index in [-0.39, 0.29) is 11.5 Å². The van der Waals surface area contributed by atoms with Gasteiger partial charge < -0.3 is 24.1 Å². The van der Waals surface area contributed by atoms with Crippen molar-refractivity contribution in [3.63, 3.8) is 0 Å². The Balaban J connectivity index is 1.39. The van der Waals surface area contributed by atoms with Crippen LogP contribution < -0.4 is 15.6 Å². The lowest BCUT2D eigenvalue weighted by Crippen LogP contribution is -2.38. The zero-order valence-corrected chi connectivity index (χ0v) is 27.6. The van der Waals surface area contributed by atoms with Gasteiger partial charge in [-0.05, 0) is 74.9 Å². The fourth-order valence-corrected chi connectivity index (χ4v) is 6.57. The summed E-state index contributed by atoms with van der Waals surface area (Å²) in [7, 11) is 0. The number of fused-ring (bicyclic) bond motifs is 1. The van der Waals surface area contributed by atoms with E-state index in [1.165, 1.54) is 0 Å². The highest BCUT2D eigenvalue weighted by Crippen LogP contribution is 2.39. The topological polar surface area (TPSA) is 76.8 Å². The summed E-state index contributed by atoms with van der Waals surface area (Å²) in [6.45, 7) is 13.4. The van der Waals surface area contributed by atoms with Gasteiger partial charge in [0.05, 0.1) is 41.6 Å². The summed E-state index contributed by atoms with van der Waals surface area (Å²) in [4.78, 5) is 20.6. The molecule has 0 spiro atoms. The van der Waals surface area contributed by atoms with Crippen LogP contribution in [0.5, 0.6) is 0 Å². The van der Waals surface area contributed by atoms with E-state index < -0.39 is 6.29 Å². The Kier molecular flexibility index (Phi) is 8.33. The Hall–Kier alpha value is -2.91. The fourth-order valence-electron chi connectivity index (χ4n) is 5.99. The van der Waals surface area contributed by atoms with Gasteiger partial charge in [0.15, 0.2) is 11.7 Å². The molecular formula is C34H37BrClN3O4. The van der Waals surface area contributed by atoms with Gasteiger partial charge >= 0.3 is 0 Å². The lowest BCUT2D eigenvalue weighted by atomic mass is 9.82. The third-order valence-electron chi connectivity index (χ3n) is 8.62. The molecule has 2 fully saturated rings. The van der Waals surface area contributed by atoms with E-state index >= 15 is 0 Å². The van der Waals surface area contributed by atoms with E-state index in [1.54, 1.807) is 6.07 Å². The number of ether oxygens (including phenoxy) is 2. The van der Waals surface area contributed by atoms with Crippen LogP contribution in [-0.2, 0) is 9.47 Å². The minimum atomic E-state index is -0.436. The summed E-state index contributed by atoms with van der Waals surface area (Å²) in [6, 6.07) is 13.5. The van der Waals surface area contributed by atoms with Crippen molar-refractivity contribution in [2.45, 2.75) is 59.8 Å². The van der Waals surface area contributed by atoms with Crippen LogP contribution in [0.25, 0.3) is 22.2 Å². The minimum absolute atomic E-state index is 0.0193. The van der Waals surface area contributed by atoms with Gasteiger partial charge in [-0.1, -0.05) is 53.5 Å². The number of piperidine rings is 1. The predicted molar refractivity (Wildman–Crippen MR) is 176 cm³/mol. The van der Waals surface area contributed by atoms with Crippen molar-refractivity contribution in [1.82, 2.24) is 4.98 Å². The molecule has 2 saturated heterocycles. The van der Waals surface area contributed by atoms with Crippen LogP contribution in [0, 0.1) is 19.3 Å². The summed E-state index contributed by atoms with van der Waals surface area (Å²) in [5.41, 5.74) is 6.78.